The molecule has 0 heterocycles. The third-order valence-electron chi connectivity index (χ3n) is 3.85. The first-order valence-corrected chi connectivity index (χ1v) is 7.78. The minimum absolute atomic E-state index is 0.0409. The maximum atomic E-state index is 13.8. The summed E-state index contributed by atoms with van der Waals surface area (Å²) in [5.74, 6) is -0.865. The average Bonchev–Trinajstić information content (AvgIpc) is 2.50. The van der Waals surface area contributed by atoms with Crippen LogP contribution in [0, 0.1) is 5.82 Å². The molecule has 0 saturated carbocycles. The van der Waals surface area contributed by atoms with Crippen LogP contribution in [0.15, 0.2) is 46.9 Å². The number of carbonyl (C=O) groups is 1. The number of fused-ring (bicyclic) bond motifs is 1. The number of nitrogens with one attached hydrogen (secondary N) is 1. The standard InChI is InChI=1S/C17H15BrFNO/c18-12-8-9-15(19)14(10-12)17(21)20-16-7-3-5-11-4-1-2-6-13(11)16/h1-2,4,6,8-10,16H,3,5,7H2,(H,20,21)/t16-/m1/s1. The van der Waals surface area contributed by atoms with Crippen molar-refractivity contribution < 1.29 is 9.18 Å². The summed E-state index contributed by atoms with van der Waals surface area (Å²) in [7, 11) is 0. The molecule has 1 atom stereocenters. The fourth-order valence-corrected chi connectivity index (χ4v) is 3.17. The van der Waals surface area contributed by atoms with Gasteiger partial charge in [0.15, 0.2) is 0 Å². The highest BCUT2D eigenvalue weighted by molar-refractivity contribution is 9.10. The molecule has 3 rings (SSSR count). The van der Waals surface area contributed by atoms with Gasteiger partial charge in [0.05, 0.1) is 11.6 Å². The van der Waals surface area contributed by atoms with Crippen LogP contribution in [0.3, 0.4) is 0 Å². The molecule has 0 radical (unpaired) electrons. The Bertz CT molecular complexity index is 686. The molecule has 1 N–H and O–H groups in total. The Morgan fingerprint density at radius 2 is 2.05 bits per heavy atom. The highest BCUT2D eigenvalue weighted by atomic mass is 79.9. The molecule has 0 bridgehead atoms. The Morgan fingerprint density at radius 3 is 2.90 bits per heavy atom. The SMILES string of the molecule is O=C(N[C@@H]1CCCc2ccccc21)c1cc(Br)ccc1F. The van der Waals surface area contributed by atoms with Crippen molar-refractivity contribution in [2.24, 2.45) is 0 Å². The van der Waals surface area contributed by atoms with Crippen molar-refractivity contribution in [3.63, 3.8) is 0 Å². The predicted molar refractivity (Wildman–Crippen MR) is 83.7 cm³/mol. The summed E-state index contributed by atoms with van der Waals surface area (Å²) < 4.78 is 14.5. The van der Waals surface area contributed by atoms with Crippen LogP contribution in [0.2, 0.25) is 0 Å². The number of halogens is 2. The number of amides is 1. The Kier molecular flexibility index (Phi) is 4.06. The van der Waals surface area contributed by atoms with E-state index in [1.807, 2.05) is 18.2 Å². The molecule has 0 saturated heterocycles. The highest BCUT2D eigenvalue weighted by Gasteiger charge is 2.23. The second kappa shape index (κ2) is 5.98. The van der Waals surface area contributed by atoms with Gasteiger partial charge in [0.2, 0.25) is 0 Å². The molecule has 108 valence electrons. The summed E-state index contributed by atoms with van der Waals surface area (Å²) in [4.78, 5) is 12.3. The maximum absolute atomic E-state index is 13.8. The molecular weight excluding hydrogens is 333 g/mol. The summed E-state index contributed by atoms with van der Waals surface area (Å²) in [6.07, 6.45) is 2.95. The lowest BCUT2D eigenvalue weighted by molar-refractivity contribution is 0.0928. The fourth-order valence-electron chi connectivity index (χ4n) is 2.81. The fraction of sp³-hybridized carbons (Fsp3) is 0.235. The van der Waals surface area contributed by atoms with E-state index in [0.717, 1.165) is 24.8 Å². The predicted octanol–water partition coefficient (Wildman–Crippen LogP) is 4.40. The molecular formula is C17H15BrFNO. The molecule has 2 nitrogen and oxygen atoms in total. The molecule has 21 heavy (non-hydrogen) atoms. The zero-order valence-corrected chi connectivity index (χ0v) is 13.0. The smallest absolute Gasteiger partial charge is 0.254 e. The van der Waals surface area contributed by atoms with Crippen molar-refractivity contribution in [1.82, 2.24) is 5.32 Å². The largest absolute Gasteiger partial charge is 0.345 e. The van der Waals surface area contributed by atoms with Crippen LogP contribution < -0.4 is 5.32 Å². The summed E-state index contributed by atoms with van der Waals surface area (Å²) in [5, 5.41) is 2.96. The van der Waals surface area contributed by atoms with Crippen LogP contribution in [0.5, 0.6) is 0 Å². The van der Waals surface area contributed by atoms with Crippen LogP contribution in [0.25, 0.3) is 0 Å². The van der Waals surface area contributed by atoms with Gasteiger partial charge in [-0.25, -0.2) is 4.39 Å². The minimum atomic E-state index is -0.500. The Labute approximate surface area is 131 Å². The van der Waals surface area contributed by atoms with Crippen LogP contribution in [0.4, 0.5) is 4.39 Å². The molecule has 0 aromatic heterocycles. The molecule has 2 aromatic carbocycles. The monoisotopic (exact) mass is 347 g/mol. The summed E-state index contributed by atoms with van der Waals surface area (Å²) in [6, 6.07) is 12.5. The van der Waals surface area contributed by atoms with E-state index >= 15 is 0 Å². The number of rotatable bonds is 2. The lowest BCUT2D eigenvalue weighted by Gasteiger charge is -2.26. The van der Waals surface area contributed by atoms with E-state index in [1.165, 1.54) is 17.7 Å². The number of aryl methyl sites for hydroxylation is 1. The summed E-state index contributed by atoms with van der Waals surface area (Å²) in [5.41, 5.74) is 2.49. The number of carbonyl (C=O) groups excluding carboxylic acids is 1. The number of hydrogen-bond donors (Lipinski definition) is 1. The number of benzene rings is 2. The molecule has 0 spiro atoms. The van der Waals surface area contributed by atoms with E-state index in [4.69, 9.17) is 0 Å². The van der Waals surface area contributed by atoms with Gasteiger partial charge in [-0.05, 0) is 48.6 Å². The van der Waals surface area contributed by atoms with E-state index in [1.54, 1.807) is 6.07 Å². The van der Waals surface area contributed by atoms with Gasteiger partial charge >= 0.3 is 0 Å². The van der Waals surface area contributed by atoms with Crippen molar-refractivity contribution in [2.45, 2.75) is 25.3 Å². The molecule has 2 aromatic rings. The Balaban J connectivity index is 1.84. The van der Waals surface area contributed by atoms with E-state index in [0.29, 0.717) is 4.47 Å². The second-order valence-electron chi connectivity index (χ2n) is 5.24. The first-order chi connectivity index (χ1) is 10.1. The van der Waals surface area contributed by atoms with Crippen LogP contribution in [0.1, 0.15) is 40.4 Å². The van der Waals surface area contributed by atoms with Crippen molar-refractivity contribution in [3.05, 3.63) is 69.4 Å². The highest BCUT2D eigenvalue weighted by Crippen LogP contribution is 2.30. The lowest BCUT2D eigenvalue weighted by atomic mass is 9.87. The van der Waals surface area contributed by atoms with Gasteiger partial charge in [-0.3, -0.25) is 4.79 Å². The van der Waals surface area contributed by atoms with E-state index < -0.39 is 5.82 Å². The van der Waals surface area contributed by atoms with Crippen molar-refractivity contribution in [2.75, 3.05) is 0 Å². The molecule has 4 heteroatoms. The van der Waals surface area contributed by atoms with Crippen LogP contribution >= 0.6 is 15.9 Å². The zero-order valence-electron chi connectivity index (χ0n) is 11.4. The average molecular weight is 348 g/mol. The van der Waals surface area contributed by atoms with Gasteiger partial charge in [-0.2, -0.15) is 0 Å². The van der Waals surface area contributed by atoms with Crippen molar-refractivity contribution in [3.8, 4) is 0 Å². The van der Waals surface area contributed by atoms with Gasteiger partial charge in [0.25, 0.3) is 5.91 Å². The molecule has 0 fully saturated rings. The van der Waals surface area contributed by atoms with Crippen LogP contribution in [-0.4, -0.2) is 5.91 Å². The van der Waals surface area contributed by atoms with Crippen molar-refractivity contribution >= 4 is 21.8 Å². The van der Waals surface area contributed by atoms with Gasteiger partial charge in [-0.1, -0.05) is 40.2 Å². The summed E-state index contributed by atoms with van der Waals surface area (Å²) >= 11 is 3.27. The molecule has 1 aliphatic carbocycles. The lowest BCUT2D eigenvalue weighted by Crippen LogP contribution is -2.31. The Morgan fingerprint density at radius 1 is 1.24 bits per heavy atom. The van der Waals surface area contributed by atoms with E-state index in [-0.39, 0.29) is 17.5 Å². The first-order valence-electron chi connectivity index (χ1n) is 6.99. The van der Waals surface area contributed by atoms with Crippen molar-refractivity contribution in [1.29, 1.82) is 0 Å². The van der Waals surface area contributed by atoms with Gasteiger partial charge in [0, 0.05) is 4.47 Å². The molecule has 0 aliphatic heterocycles. The summed E-state index contributed by atoms with van der Waals surface area (Å²) in [6.45, 7) is 0. The van der Waals surface area contributed by atoms with Gasteiger partial charge in [0.1, 0.15) is 5.82 Å². The zero-order chi connectivity index (χ0) is 14.8. The van der Waals surface area contributed by atoms with Gasteiger partial charge in [-0.15, -0.1) is 0 Å². The third kappa shape index (κ3) is 3.00. The van der Waals surface area contributed by atoms with Crippen LogP contribution in [-0.2, 0) is 6.42 Å². The topological polar surface area (TPSA) is 29.1 Å². The molecule has 1 aliphatic rings. The quantitative estimate of drug-likeness (QED) is 0.857. The maximum Gasteiger partial charge on any atom is 0.254 e. The number of hydrogen-bond acceptors (Lipinski definition) is 1. The second-order valence-corrected chi connectivity index (χ2v) is 6.16. The van der Waals surface area contributed by atoms with E-state index in [9.17, 15) is 9.18 Å². The first kappa shape index (κ1) is 14.3. The Hall–Kier alpha value is -1.68. The molecule has 1 amide bonds. The minimum Gasteiger partial charge on any atom is -0.345 e. The van der Waals surface area contributed by atoms with Gasteiger partial charge < -0.3 is 5.32 Å². The normalized spacial score (nSPS) is 17.1. The molecule has 0 unspecified atom stereocenters. The van der Waals surface area contributed by atoms with E-state index in [2.05, 4.69) is 27.3 Å². The third-order valence-corrected chi connectivity index (χ3v) is 4.34.